The third kappa shape index (κ3) is 6.24. The summed E-state index contributed by atoms with van der Waals surface area (Å²) in [5.41, 5.74) is 4.51. The van der Waals surface area contributed by atoms with Crippen LogP contribution < -0.4 is 20.1 Å². The van der Waals surface area contributed by atoms with Crippen molar-refractivity contribution in [3.63, 3.8) is 0 Å². The third-order valence-electron chi connectivity index (χ3n) is 4.92. The van der Waals surface area contributed by atoms with Crippen molar-refractivity contribution in [3.8, 4) is 11.5 Å². The first-order valence-corrected chi connectivity index (χ1v) is 10.0. The standard InChI is InChI=1S/C21H31N5O3.HI/c1-5-22-21(23-9-8-17-6-7-19-20(12-17)29-14-28-19)24-13-18-15(2)25-26(16(18)3)10-11-27-4;/h6-7,12H,5,8-11,13-14H2,1-4H3,(H2,22,23,24);1H. The first-order chi connectivity index (χ1) is 14.1. The number of nitrogens with one attached hydrogen (secondary N) is 2. The fourth-order valence-electron chi connectivity index (χ4n) is 3.28. The van der Waals surface area contributed by atoms with Crippen LogP contribution in [0.2, 0.25) is 0 Å². The zero-order chi connectivity index (χ0) is 20.6. The highest BCUT2D eigenvalue weighted by Crippen LogP contribution is 2.32. The summed E-state index contributed by atoms with van der Waals surface area (Å²) in [5, 5.41) is 11.3. The fourth-order valence-corrected chi connectivity index (χ4v) is 3.28. The Balaban J connectivity index is 0.00000320. The predicted octanol–water partition coefficient (Wildman–Crippen LogP) is 2.79. The van der Waals surface area contributed by atoms with E-state index in [2.05, 4.69) is 35.6 Å². The summed E-state index contributed by atoms with van der Waals surface area (Å²) in [4.78, 5) is 4.75. The minimum Gasteiger partial charge on any atom is -0.454 e. The van der Waals surface area contributed by atoms with Crippen LogP contribution in [-0.2, 0) is 24.2 Å². The van der Waals surface area contributed by atoms with Gasteiger partial charge in [0.15, 0.2) is 17.5 Å². The van der Waals surface area contributed by atoms with Crippen molar-refractivity contribution in [3.05, 3.63) is 40.7 Å². The van der Waals surface area contributed by atoms with Crippen LogP contribution in [0.4, 0.5) is 0 Å². The zero-order valence-corrected chi connectivity index (χ0v) is 20.5. The Morgan fingerprint density at radius 3 is 2.80 bits per heavy atom. The quantitative estimate of drug-likeness (QED) is 0.296. The van der Waals surface area contributed by atoms with Crippen LogP contribution in [0.5, 0.6) is 11.5 Å². The summed E-state index contributed by atoms with van der Waals surface area (Å²) >= 11 is 0. The van der Waals surface area contributed by atoms with E-state index < -0.39 is 0 Å². The molecule has 30 heavy (non-hydrogen) atoms. The first kappa shape index (κ1) is 24.3. The van der Waals surface area contributed by atoms with E-state index in [4.69, 9.17) is 19.2 Å². The van der Waals surface area contributed by atoms with Crippen LogP contribution >= 0.6 is 24.0 Å². The second-order valence-electron chi connectivity index (χ2n) is 6.92. The second kappa shape index (κ2) is 12.0. The molecule has 2 heterocycles. The number of aromatic nitrogens is 2. The smallest absolute Gasteiger partial charge is 0.231 e. The molecule has 9 heteroatoms. The lowest BCUT2D eigenvalue weighted by atomic mass is 10.1. The Bertz CT molecular complexity index is 853. The van der Waals surface area contributed by atoms with Crippen molar-refractivity contribution in [1.82, 2.24) is 20.4 Å². The highest BCUT2D eigenvalue weighted by molar-refractivity contribution is 14.0. The molecule has 0 saturated heterocycles. The molecule has 1 aliphatic heterocycles. The topological polar surface area (TPSA) is 81.9 Å². The van der Waals surface area contributed by atoms with Gasteiger partial charge < -0.3 is 24.8 Å². The second-order valence-corrected chi connectivity index (χ2v) is 6.92. The van der Waals surface area contributed by atoms with E-state index in [1.165, 1.54) is 5.56 Å². The molecule has 2 N–H and O–H groups in total. The number of aliphatic imine (C=N–C) groups is 1. The maximum absolute atomic E-state index is 5.45. The van der Waals surface area contributed by atoms with E-state index in [-0.39, 0.29) is 24.0 Å². The van der Waals surface area contributed by atoms with Crippen LogP contribution in [0.15, 0.2) is 23.2 Å². The van der Waals surface area contributed by atoms with Gasteiger partial charge >= 0.3 is 0 Å². The molecule has 0 saturated carbocycles. The van der Waals surface area contributed by atoms with E-state index in [0.29, 0.717) is 19.9 Å². The SMILES string of the molecule is CCNC(=NCc1c(C)nn(CCOC)c1C)NCCc1ccc2c(c1)OCO2.I. The molecule has 8 nitrogen and oxygen atoms in total. The van der Waals surface area contributed by atoms with E-state index in [0.717, 1.165) is 60.5 Å². The van der Waals surface area contributed by atoms with Crippen molar-refractivity contribution >= 4 is 29.9 Å². The van der Waals surface area contributed by atoms with Gasteiger partial charge in [-0.05, 0) is 44.9 Å². The average Bonchev–Trinajstić information content (AvgIpc) is 3.28. The van der Waals surface area contributed by atoms with Gasteiger partial charge in [0.1, 0.15) is 0 Å². The van der Waals surface area contributed by atoms with Gasteiger partial charge in [-0.25, -0.2) is 4.99 Å². The number of halogens is 1. The molecule has 0 atom stereocenters. The molecule has 1 aromatic carbocycles. The van der Waals surface area contributed by atoms with E-state index in [1.807, 2.05) is 23.7 Å². The monoisotopic (exact) mass is 529 g/mol. The van der Waals surface area contributed by atoms with Crippen molar-refractivity contribution in [2.45, 2.75) is 40.3 Å². The normalized spacial score (nSPS) is 12.6. The number of ether oxygens (including phenoxy) is 3. The van der Waals surface area contributed by atoms with Gasteiger partial charge in [-0.15, -0.1) is 24.0 Å². The number of benzene rings is 1. The first-order valence-electron chi connectivity index (χ1n) is 10.0. The Morgan fingerprint density at radius 2 is 2.03 bits per heavy atom. The van der Waals surface area contributed by atoms with Gasteiger partial charge in [0, 0.05) is 31.5 Å². The van der Waals surface area contributed by atoms with Gasteiger partial charge in [0.2, 0.25) is 6.79 Å². The van der Waals surface area contributed by atoms with Crippen molar-refractivity contribution in [2.75, 3.05) is 33.6 Å². The number of fused-ring (bicyclic) bond motifs is 1. The molecule has 0 spiro atoms. The predicted molar refractivity (Wildman–Crippen MR) is 128 cm³/mol. The molecule has 0 aliphatic carbocycles. The Hall–Kier alpha value is -2.01. The lowest BCUT2D eigenvalue weighted by molar-refractivity contribution is 0.174. The van der Waals surface area contributed by atoms with Crippen molar-refractivity contribution in [2.24, 2.45) is 4.99 Å². The van der Waals surface area contributed by atoms with Gasteiger partial charge in [0.05, 0.1) is 25.4 Å². The molecule has 0 fully saturated rings. The van der Waals surface area contributed by atoms with Crippen LogP contribution in [0.25, 0.3) is 0 Å². The average molecular weight is 529 g/mol. The summed E-state index contributed by atoms with van der Waals surface area (Å²) in [5.74, 6) is 2.43. The highest BCUT2D eigenvalue weighted by atomic mass is 127. The van der Waals surface area contributed by atoms with Crippen LogP contribution in [-0.4, -0.2) is 49.3 Å². The lowest BCUT2D eigenvalue weighted by Gasteiger charge is -2.12. The van der Waals surface area contributed by atoms with E-state index >= 15 is 0 Å². The van der Waals surface area contributed by atoms with Crippen molar-refractivity contribution < 1.29 is 14.2 Å². The number of methoxy groups -OCH3 is 1. The van der Waals surface area contributed by atoms with E-state index in [1.54, 1.807) is 7.11 Å². The third-order valence-corrected chi connectivity index (χ3v) is 4.92. The number of rotatable bonds is 9. The zero-order valence-electron chi connectivity index (χ0n) is 18.2. The largest absolute Gasteiger partial charge is 0.454 e. The molecule has 166 valence electrons. The molecule has 1 aliphatic rings. The van der Waals surface area contributed by atoms with Gasteiger partial charge in [-0.2, -0.15) is 5.10 Å². The number of hydrogen-bond acceptors (Lipinski definition) is 5. The Kier molecular flexibility index (Phi) is 9.70. The van der Waals surface area contributed by atoms with Crippen molar-refractivity contribution in [1.29, 1.82) is 0 Å². The lowest BCUT2D eigenvalue weighted by Crippen LogP contribution is -2.38. The molecular weight excluding hydrogens is 497 g/mol. The molecule has 2 aromatic rings. The van der Waals surface area contributed by atoms with E-state index in [9.17, 15) is 0 Å². The maximum atomic E-state index is 5.45. The Labute approximate surface area is 195 Å². The summed E-state index contributed by atoms with van der Waals surface area (Å²) in [6.45, 7) is 10.0. The summed E-state index contributed by atoms with van der Waals surface area (Å²) in [7, 11) is 1.70. The summed E-state index contributed by atoms with van der Waals surface area (Å²) in [6.07, 6.45) is 0.869. The number of aryl methyl sites for hydroxylation is 1. The highest BCUT2D eigenvalue weighted by Gasteiger charge is 2.13. The molecule has 3 rings (SSSR count). The Morgan fingerprint density at radius 1 is 1.23 bits per heavy atom. The molecule has 0 bridgehead atoms. The van der Waals surface area contributed by atoms with Gasteiger partial charge in [-0.1, -0.05) is 6.07 Å². The summed E-state index contributed by atoms with van der Waals surface area (Å²) < 4.78 is 18.0. The molecule has 0 unspecified atom stereocenters. The minimum atomic E-state index is 0. The summed E-state index contributed by atoms with van der Waals surface area (Å²) in [6, 6.07) is 6.07. The number of hydrogen-bond donors (Lipinski definition) is 2. The molecule has 0 amide bonds. The molecule has 0 radical (unpaired) electrons. The number of guanidine groups is 1. The van der Waals surface area contributed by atoms with Crippen LogP contribution in [0.3, 0.4) is 0 Å². The van der Waals surface area contributed by atoms with Gasteiger partial charge in [-0.3, -0.25) is 4.68 Å². The van der Waals surface area contributed by atoms with Crippen LogP contribution in [0.1, 0.15) is 29.4 Å². The molecule has 1 aromatic heterocycles. The van der Waals surface area contributed by atoms with Crippen LogP contribution in [0, 0.1) is 13.8 Å². The maximum Gasteiger partial charge on any atom is 0.231 e. The minimum absolute atomic E-state index is 0. The molecular formula is C21H32IN5O3. The fraction of sp³-hybridized carbons (Fsp3) is 0.524. The number of nitrogens with zero attached hydrogens (tertiary/aromatic N) is 3. The van der Waals surface area contributed by atoms with Gasteiger partial charge in [0.25, 0.3) is 0 Å².